The number of benzene rings is 2. The first-order valence-electron chi connectivity index (χ1n) is 9.55. The van der Waals surface area contributed by atoms with Crippen molar-refractivity contribution in [2.45, 2.75) is 19.4 Å². The summed E-state index contributed by atoms with van der Waals surface area (Å²) in [5.41, 5.74) is 5.07. The Morgan fingerprint density at radius 3 is 2.23 bits per heavy atom. The van der Waals surface area contributed by atoms with Crippen molar-refractivity contribution in [3.05, 3.63) is 58.0 Å². The van der Waals surface area contributed by atoms with Crippen LogP contribution in [0.15, 0.2) is 28.7 Å². The number of aryl methyl sites for hydroxylation is 1. The van der Waals surface area contributed by atoms with Gasteiger partial charge in [-0.1, -0.05) is 24.3 Å². The van der Waals surface area contributed by atoms with Gasteiger partial charge in [0.2, 0.25) is 11.6 Å². The van der Waals surface area contributed by atoms with E-state index in [1.165, 1.54) is 24.0 Å². The summed E-state index contributed by atoms with van der Waals surface area (Å²) in [6, 6.07) is 6.21. The fourth-order valence-corrected chi connectivity index (χ4v) is 4.39. The number of ketones is 2. The number of carbonyl (C=O) groups is 3. The number of nitrogens with zero attached hydrogens (tertiary/aromatic N) is 1. The Kier molecular flexibility index (Phi) is 3.78. The van der Waals surface area contributed by atoms with E-state index in [9.17, 15) is 24.6 Å². The summed E-state index contributed by atoms with van der Waals surface area (Å²) >= 11 is 0. The van der Waals surface area contributed by atoms with Gasteiger partial charge in [0.25, 0.3) is 5.91 Å². The second-order valence-electron chi connectivity index (χ2n) is 7.69. The van der Waals surface area contributed by atoms with Gasteiger partial charge in [0.05, 0.1) is 22.3 Å². The van der Waals surface area contributed by atoms with Crippen LogP contribution in [-0.4, -0.2) is 51.7 Å². The lowest BCUT2D eigenvalue weighted by Gasteiger charge is -2.20. The van der Waals surface area contributed by atoms with Crippen LogP contribution in [0.3, 0.4) is 0 Å². The monoisotopic (exact) mass is 406 g/mol. The van der Waals surface area contributed by atoms with Gasteiger partial charge in [-0.25, -0.2) is 0 Å². The molecule has 3 aromatic rings. The number of rotatable bonds is 1. The molecule has 1 aliphatic carbocycles. The summed E-state index contributed by atoms with van der Waals surface area (Å²) in [5, 5.41) is 22.0. The highest BCUT2D eigenvalue weighted by molar-refractivity contribution is 6.33. The van der Waals surface area contributed by atoms with Crippen LogP contribution in [0.4, 0.5) is 0 Å². The molecule has 2 aromatic carbocycles. The molecule has 0 saturated carbocycles. The number of hydrogen-bond donors (Lipinski definition) is 3. The molecule has 1 fully saturated rings. The Morgan fingerprint density at radius 1 is 1.07 bits per heavy atom. The molecule has 1 aliphatic heterocycles. The minimum absolute atomic E-state index is 0.00449. The third-order valence-electron chi connectivity index (χ3n) is 5.86. The molecule has 152 valence electrons. The van der Waals surface area contributed by atoms with E-state index in [-0.39, 0.29) is 50.6 Å². The van der Waals surface area contributed by atoms with E-state index in [2.05, 4.69) is 0 Å². The van der Waals surface area contributed by atoms with Crippen molar-refractivity contribution < 1.29 is 29.0 Å². The summed E-state index contributed by atoms with van der Waals surface area (Å²) in [5.74, 6) is -2.93. The maximum Gasteiger partial charge on any atom is 0.258 e. The molecule has 30 heavy (non-hydrogen) atoms. The van der Waals surface area contributed by atoms with Gasteiger partial charge in [-0.3, -0.25) is 14.4 Å². The van der Waals surface area contributed by atoms with Crippen molar-refractivity contribution in [1.82, 2.24) is 4.90 Å². The molecule has 0 unspecified atom stereocenters. The fraction of sp³-hybridized carbons (Fsp3) is 0.227. The van der Waals surface area contributed by atoms with Crippen molar-refractivity contribution in [1.29, 1.82) is 0 Å². The van der Waals surface area contributed by atoms with Gasteiger partial charge in [-0.05, 0) is 13.3 Å². The Labute approximate surface area is 170 Å². The van der Waals surface area contributed by atoms with Crippen LogP contribution < -0.4 is 5.73 Å². The number of hydrogen-bond acceptors (Lipinski definition) is 7. The number of furan rings is 1. The lowest BCUT2D eigenvalue weighted by atomic mass is 9.83. The third kappa shape index (κ3) is 2.28. The number of fused-ring (bicyclic) bond motifs is 3. The van der Waals surface area contributed by atoms with Crippen LogP contribution in [0.25, 0.3) is 10.8 Å². The molecule has 1 aromatic heterocycles. The highest BCUT2D eigenvalue weighted by Gasteiger charge is 2.43. The molecule has 1 saturated heterocycles. The van der Waals surface area contributed by atoms with Crippen molar-refractivity contribution in [3.63, 3.8) is 0 Å². The zero-order valence-electron chi connectivity index (χ0n) is 16.1. The lowest BCUT2D eigenvalue weighted by Crippen LogP contribution is -2.33. The average molecular weight is 406 g/mol. The number of aromatic hydroxyl groups is 2. The number of phenolic OH excluding ortho intramolecular Hbond substituents is 2. The molecule has 8 nitrogen and oxygen atoms in total. The quantitative estimate of drug-likeness (QED) is 0.412. The fourth-order valence-electron chi connectivity index (χ4n) is 4.39. The van der Waals surface area contributed by atoms with E-state index in [0.717, 1.165) is 0 Å². The van der Waals surface area contributed by atoms with Gasteiger partial charge >= 0.3 is 0 Å². The van der Waals surface area contributed by atoms with Gasteiger partial charge in [0.1, 0.15) is 17.3 Å². The molecule has 0 spiro atoms. The molecule has 2 heterocycles. The maximum atomic E-state index is 13.4. The molecule has 8 heteroatoms. The molecular weight excluding hydrogens is 388 g/mol. The van der Waals surface area contributed by atoms with Gasteiger partial charge < -0.3 is 25.3 Å². The standard InChI is InChI=1S/C22H18N2O6/c1-9-13(22(29)24-7-6-10(23)8-24)16-19(27)14-15(20(28)21(16)30-9)18(26)12-5-3-2-4-11(12)17(14)25/h2-5,10,25-26H,6-8,23H2,1H3/t10-/m1/s1. The Balaban J connectivity index is 1.75. The SMILES string of the molecule is Cc1oc2c(c1C(=O)N1CC[C@@H](N)C1)C(=O)c1c(c(O)c3ccccc3c1O)C2=O. The van der Waals surface area contributed by atoms with E-state index < -0.39 is 29.0 Å². The Hall–Kier alpha value is -3.65. The third-order valence-corrected chi connectivity index (χ3v) is 5.86. The summed E-state index contributed by atoms with van der Waals surface area (Å²) in [4.78, 5) is 41.2. The topological polar surface area (TPSA) is 134 Å². The first-order valence-corrected chi connectivity index (χ1v) is 9.55. The zero-order chi connectivity index (χ0) is 21.3. The predicted molar refractivity (Wildman–Crippen MR) is 106 cm³/mol. The Bertz CT molecular complexity index is 1290. The normalized spacial score (nSPS) is 18.1. The largest absolute Gasteiger partial charge is 0.506 e. The second-order valence-corrected chi connectivity index (χ2v) is 7.69. The van der Waals surface area contributed by atoms with E-state index in [4.69, 9.17) is 10.2 Å². The van der Waals surface area contributed by atoms with Crippen molar-refractivity contribution >= 4 is 28.2 Å². The number of amides is 1. The highest BCUT2D eigenvalue weighted by Crippen LogP contribution is 2.45. The summed E-state index contributed by atoms with van der Waals surface area (Å²) in [7, 11) is 0. The average Bonchev–Trinajstić information content (AvgIpc) is 3.32. The predicted octanol–water partition coefficient (Wildman–Crippen LogP) is 2.10. The maximum absolute atomic E-state index is 13.4. The zero-order valence-corrected chi connectivity index (χ0v) is 16.1. The van der Waals surface area contributed by atoms with Crippen LogP contribution in [0, 0.1) is 6.92 Å². The van der Waals surface area contributed by atoms with E-state index in [0.29, 0.717) is 19.5 Å². The van der Waals surface area contributed by atoms with Gasteiger partial charge in [-0.2, -0.15) is 0 Å². The van der Waals surface area contributed by atoms with Crippen LogP contribution >= 0.6 is 0 Å². The lowest BCUT2D eigenvalue weighted by molar-refractivity contribution is 0.0784. The first kappa shape index (κ1) is 18.4. The molecule has 1 amide bonds. The van der Waals surface area contributed by atoms with Gasteiger partial charge in [0, 0.05) is 29.9 Å². The molecular formula is C22H18N2O6. The number of nitrogens with two attached hydrogens (primary N) is 1. The summed E-state index contributed by atoms with van der Waals surface area (Å²) < 4.78 is 5.55. The highest BCUT2D eigenvalue weighted by atomic mass is 16.4. The number of likely N-dealkylation sites (tertiary alicyclic amines) is 1. The molecule has 4 N–H and O–H groups in total. The van der Waals surface area contributed by atoms with Gasteiger partial charge in [0.15, 0.2) is 5.76 Å². The Morgan fingerprint density at radius 2 is 1.67 bits per heavy atom. The molecule has 0 bridgehead atoms. The summed E-state index contributed by atoms with van der Waals surface area (Å²) in [6.45, 7) is 2.28. The minimum Gasteiger partial charge on any atom is -0.506 e. The number of phenols is 2. The van der Waals surface area contributed by atoms with Crippen LogP contribution in [0.1, 0.15) is 54.6 Å². The number of carbonyl (C=O) groups excluding carboxylic acids is 3. The first-order chi connectivity index (χ1) is 14.3. The van der Waals surface area contributed by atoms with E-state index in [1.807, 2.05) is 0 Å². The van der Waals surface area contributed by atoms with Crippen molar-refractivity contribution in [3.8, 4) is 11.5 Å². The van der Waals surface area contributed by atoms with E-state index in [1.54, 1.807) is 12.1 Å². The molecule has 5 rings (SSSR count). The summed E-state index contributed by atoms with van der Waals surface area (Å²) in [6.07, 6.45) is 0.640. The van der Waals surface area contributed by atoms with Crippen LogP contribution in [-0.2, 0) is 0 Å². The smallest absolute Gasteiger partial charge is 0.258 e. The van der Waals surface area contributed by atoms with Crippen LogP contribution in [0.5, 0.6) is 11.5 Å². The molecule has 0 radical (unpaired) electrons. The van der Waals surface area contributed by atoms with Gasteiger partial charge in [-0.15, -0.1) is 0 Å². The van der Waals surface area contributed by atoms with Crippen LogP contribution in [0.2, 0.25) is 0 Å². The molecule has 1 atom stereocenters. The van der Waals surface area contributed by atoms with E-state index >= 15 is 0 Å². The second kappa shape index (κ2) is 6.17. The van der Waals surface area contributed by atoms with Crippen molar-refractivity contribution in [2.75, 3.05) is 13.1 Å². The minimum atomic E-state index is -0.751. The van der Waals surface area contributed by atoms with Crippen molar-refractivity contribution in [2.24, 2.45) is 5.73 Å². The molecule has 2 aliphatic rings.